The minimum absolute atomic E-state index is 0.592. The van der Waals surface area contributed by atoms with E-state index in [-0.39, 0.29) is 0 Å². The standard InChI is InChI=1S/C61H36N4/c1-2-18-38(19-3-1)64-52-32-16-10-22-41(52)47-36-37(34-35-54(47)64)58-45-26-9-15-31-51(45)62-60(63-58)65-53-33-17-11-27-46(53)56-43-24-5-4-23-42(43)55-44-25-8-14-30-50(44)61(57(55)59(56)65)48-28-12-6-20-39(48)40-21-7-13-29-49(40)61/h1-36H. The lowest BCUT2D eigenvalue weighted by molar-refractivity contribution is 0.796. The van der Waals surface area contributed by atoms with Crippen LogP contribution in [-0.2, 0) is 5.41 Å². The van der Waals surface area contributed by atoms with Gasteiger partial charge in [0, 0.05) is 43.7 Å². The third-order valence-corrected chi connectivity index (χ3v) is 14.5. The van der Waals surface area contributed by atoms with Crippen molar-refractivity contribution in [2.45, 2.75) is 5.41 Å². The van der Waals surface area contributed by atoms with Crippen LogP contribution in [0.5, 0.6) is 0 Å². The normalized spacial score (nSPS) is 13.4. The van der Waals surface area contributed by atoms with Gasteiger partial charge in [0.25, 0.3) is 0 Å². The van der Waals surface area contributed by atoms with E-state index in [4.69, 9.17) is 9.97 Å². The Morgan fingerprint density at radius 1 is 0.369 bits per heavy atom. The molecular formula is C61H36N4. The first-order valence-corrected chi connectivity index (χ1v) is 22.4. The molecule has 0 N–H and O–H groups in total. The molecule has 1 spiro atoms. The lowest BCUT2D eigenvalue weighted by atomic mass is 9.70. The third kappa shape index (κ3) is 4.40. The minimum Gasteiger partial charge on any atom is -0.309 e. The van der Waals surface area contributed by atoms with Crippen molar-refractivity contribution in [3.63, 3.8) is 0 Å². The van der Waals surface area contributed by atoms with Crippen molar-refractivity contribution in [3.05, 3.63) is 241 Å². The smallest absolute Gasteiger partial charge is 0.235 e. The van der Waals surface area contributed by atoms with Crippen LogP contribution in [0.3, 0.4) is 0 Å². The molecule has 2 aliphatic rings. The highest BCUT2D eigenvalue weighted by atomic mass is 15.2. The summed E-state index contributed by atoms with van der Waals surface area (Å²) in [5, 5.41) is 8.29. The molecule has 3 aromatic heterocycles. The van der Waals surface area contributed by atoms with E-state index in [0.717, 1.165) is 44.4 Å². The first-order chi connectivity index (χ1) is 32.3. The number of hydrogen-bond acceptors (Lipinski definition) is 2. The molecule has 2 aliphatic carbocycles. The Balaban J connectivity index is 1.10. The molecular weight excluding hydrogens is 789 g/mol. The van der Waals surface area contributed by atoms with Crippen molar-refractivity contribution in [2.75, 3.05) is 0 Å². The zero-order chi connectivity index (χ0) is 42.4. The van der Waals surface area contributed by atoms with Crippen molar-refractivity contribution in [1.82, 2.24) is 19.1 Å². The molecule has 300 valence electrons. The summed E-state index contributed by atoms with van der Waals surface area (Å²) < 4.78 is 4.77. The Hall–Kier alpha value is -8.60. The van der Waals surface area contributed by atoms with Gasteiger partial charge in [-0.05, 0) is 92.2 Å². The predicted octanol–water partition coefficient (Wildman–Crippen LogP) is 15.0. The van der Waals surface area contributed by atoms with Crippen LogP contribution in [0, 0.1) is 0 Å². The molecule has 0 amide bonds. The molecule has 4 nitrogen and oxygen atoms in total. The van der Waals surface area contributed by atoms with Gasteiger partial charge in [-0.3, -0.25) is 4.57 Å². The molecule has 13 aromatic rings. The van der Waals surface area contributed by atoms with E-state index in [1.807, 2.05) is 0 Å². The highest BCUT2D eigenvalue weighted by Gasteiger charge is 2.53. The fraction of sp³-hybridized carbons (Fsp3) is 0.0164. The van der Waals surface area contributed by atoms with Crippen LogP contribution in [0.25, 0.3) is 110 Å². The fourth-order valence-corrected chi connectivity index (χ4v) is 12.1. The molecule has 0 aliphatic heterocycles. The third-order valence-electron chi connectivity index (χ3n) is 14.5. The van der Waals surface area contributed by atoms with Gasteiger partial charge in [-0.15, -0.1) is 0 Å². The zero-order valence-corrected chi connectivity index (χ0v) is 35.1. The number of para-hydroxylation sites is 4. The van der Waals surface area contributed by atoms with Gasteiger partial charge < -0.3 is 4.57 Å². The summed E-state index contributed by atoms with van der Waals surface area (Å²) in [6.45, 7) is 0. The van der Waals surface area contributed by atoms with E-state index in [0.29, 0.717) is 5.95 Å². The van der Waals surface area contributed by atoms with Crippen LogP contribution in [0.2, 0.25) is 0 Å². The lowest BCUT2D eigenvalue weighted by Gasteiger charge is -2.31. The van der Waals surface area contributed by atoms with E-state index >= 15 is 0 Å². The summed E-state index contributed by atoms with van der Waals surface area (Å²) in [4.78, 5) is 11.3. The average molecular weight is 825 g/mol. The van der Waals surface area contributed by atoms with E-state index < -0.39 is 5.41 Å². The molecule has 0 radical (unpaired) electrons. The van der Waals surface area contributed by atoms with Crippen LogP contribution in [0.1, 0.15) is 22.3 Å². The van der Waals surface area contributed by atoms with Crippen molar-refractivity contribution in [3.8, 4) is 45.1 Å². The Morgan fingerprint density at radius 3 is 1.65 bits per heavy atom. The summed E-state index contributed by atoms with van der Waals surface area (Å²) in [5.41, 5.74) is 18.3. The Kier molecular flexibility index (Phi) is 6.85. The zero-order valence-electron chi connectivity index (χ0n) is 35.1. The van der Waals surface area contributed by atoms with Gasteiger partial charge in [-0.2, -0.15) is 0 Å². The number of benzene rings is 10. The summed E-state index contributed by atoms with van der Waals surface area (Å²) in [5.74, 6) is 0.653. The highest BCUT2D eigenvalue weighted by molar-refractivity contribution is 6.28. The lowest BCUT2D eigenvalue weighted by Crippen LogP contribution is -2.26. The van der Waals surface area contributed by atoms with Crippen LogP contribution in [0.15, 0.2) is 218 Å². The molecule has 0 unspecified atom stereocenters. The molecule has 0 bridgehead atoms. The Labute approximate surface area is 373 Å². The summed E-state index contributed by atoms with van der Waals surface area (Å²) in [6.07, 6.45) is 0. The molecule has 10 aromatic carbocycles. The summed E-state index contributed by atoms with van der Waals surface area (Å²) in [7, 11) is 0. The summed E-state index contributed by atoms with van der Waals surface area (Å²) in [6, 6.07) is 79.9. The number of hydrogen-bond donors (Lipinski definition) is 0. The number of fused-ring (bicyclic) bond motifs is 21. The summed E-state index contributed by atoms with van der Waals surface area (Å²) >= 11 is 0. The molecule has 4 heteroatoms. The van der Waals surface area contributed by atoms with E-state index in [1.54, 1.807) is 0 Å². The molecule has 65 heavy (non-hydrogen) atoms. The number of aromatic nitrogens is 4. The quantitative estimate of drug-likeness (QED) is 0.178. The van der Waals surface area contributed by atoms with Crippen molar-refractivity contribution >= 4 is 65.3 Å². The fourth-order valence-electron chi connectivity index (χ4n) is 12.1. The van der Waals surface area contributed by atoms with Gasteiger partial charge in [0.2, 0.25) is 5.95 Å². The van der Waals surface area contributed by atoms with Crippen LogP contribution in [-0.4, -0.2) is 19.1 Å². The highest BCUT2D eigenvalue weighted by Crippen LogP contribution is 2.66. The number of nitrogens with zero attached hydrogens (tertiary/aromatic N) is 4. The predicted molar refractivity (Wildman–Crippen MR) is 267 cm³/mol. The van der Waals surface area contributed by atoms with Crippen LogP contribution >= 0.6 is 0 Å². The minimum atomic E-state index is -0.592. The number of rotatable bonds is 3. The van der Waals surface area contributed by atoms with E-state index in [9.17, 15) is 0 Å². The van der Waals surface area contributed by atoms with Gasteiger partial charge in [-0.1, -0.05) is 176 Å². The van der Waals surface area contributed by atoms with Crippen LogP contribution in [0.4, 0.5) is 0 Å². The second kappa shape index (κ2) is 12.7. The largest absolute Gasteiger partial charge is 0.309 e. The Morgan fingerprint density at radius 2 is 0.908 bits per heavy atom. The van der Waals surface area contributed by atoms with Crippen molar-refractivity contribution in [1.29, 1.82) is 0 Å². The van der Waals surface area contributed by atoms with Crippen molar-refractivity contribution < 1.29 is 0 Å². The Bertz CT molecular complexity index is 4150. The molecule has 0 saturated carbocycles. The first kappa shape index (κ1) is 34.9. The maximum Gasteiger partial charge on any atom is 0.235 e. The monoisotopic (exact) mass is 824 g/mol. The molecule has 0 saturated heterocycles. The maximum absolute atomic E-state index is 5.77. The topological polar surface area (TPSA) is 35.6 Å². The van der Waals surface area contributed by atoms with Gasteiger partial charge in [0.15, 0.2) is 0 Å². The van der Waals surface area contributed by atoms with Gasteiger partial charge in [-0.25, -0.2) is 9.97 Å². The second-order valence-electron chi connectivity index (χ2n) is 17.6. The van der Waals surface area contributed by atoms with E-state index in [2.05, 4.69) is 228 Å². The van der Waals surface area contributed by atoms with Gasteiger partial charge in [0.1, 0.15) is 0 Å². The van der Waals surface area contributed by atoms with Gasteiger partial charge in [0.05, 0.1) is 38.7 Å². The maximum atomic E-state index is 5.77. The molecule has 0 atom stereocenters. The van der Waals surface area contributed by atoms with E-state index in [1.165, 1.54) is 82.3 Å². The molecule has 3 heterocycles. The molecule has 15 rings (SSSR count). The van der Waals surface area contributed by atoms with Crippen LogP contribution < -0.4 is 0 Å². The second-order valence-corrected chi connectivity index (χ2v) is 17.6. The van der Waals surface area contributed by atoms with Gasteiger partial charge >= 0.3 is 0 Å². The SMILES string of the molecule is c1ccc(-n2c3ccccc3c3cc(-c4nc(-n5c6ccccc6c6c7ccccc7c7c(c65)C5(c6ccccc6-c6ccccc65)c5ccccc5-7)nc5ccccc45)ccc32)cc1. The average Bonchev–Trinajstić information content (AvgIpc) is 4.09. The van der Waals surface area contributed by atoms with Crippen molar-refractivity contribution in [2.24, 2.45) is 0 Å². The molecule has 0 fully saturated rings. The first-order valence-electron chi connectivity index (χ1n) is 22.4.